The quantitative estimate of drug-likeness (QED) is 0.924. The predicted molar refractivity (Wildman–Crippen MR) is 82.8 cm³/mol. The Balaban J connectivity index is 2.19. The molecule has 0 spiro atoms. The van der Waals surface area contributed by atoms with Crippen molar-refractivity contribution in [3.8, 4) is 0 Å². The van der Waals surface area contributed by atoms with Crippen LogP contribution in [-0.2, 0) is 21.2 Å². The van der Waals surface area contributed by atoms with Gasteiger partial charge in [0.15, 0.2) is 4.21 Å². The molecule has 8 heteroatoms. The van der Waals surface area contributed by atoms with Gasteiger partial charge in [-0.25, -0.2) is 18.2 Å². The summed E-state index contributed by atoms with van der Waals surface area (Å²) in [5, 5.41) is 10.1. The summed E-state index contributed by atoms with van der Waals surface area (Å²) in [5.41, 5.74) is 1.55. The highest BCUT2D eigenvalue weighted by Gasteiger charge is 2.43. The number of sulfonamides is 1. The van der Waals surface area contributed by atoms with Crippen LogP contribution in [-0.4, -0.2) is 30.5 Å². The van der Waals surface area contributed by atoms with E-state index in [1.807, 2.05) is 0 Å². The number of carboxylic acids is 1. The summed E-state index contributed by atoms with van der Waals surface area (Å²) in [7, 11) is -3.95. The molecule has 0 amide bonds. The molecule has 2 aromatic rings. The van der Waals surface area contributed by atoms with Gasteiger partial charge in [0.25, 0.3) is 10.0 Å². The normalized spacial score (nSPS) is 17.5. The van der Waals surface area contributed by atoms with Crippen LogP contribution in [0.15, 0.2) is 28.5 Å². The molecule has 1 aromatic carbocycles. The van der Waals surface area contributed by atoms with E-state index in [2.05, 4.69) is 4.98 Å². The third kappa shape index (κ3) is 2.19. The Labute approximate surface area is 132 Å². The number of carboxylic acid groups (broad SMARTS) is 1. The van der Waals surface area contributed by atoms with Crippen LogP contribution in [0.25, 0.3) is 0 Å². The third-order valence-corrected chi connectivity index (χ3v) is 7.05. The molecule has 2 heterocycles. The number of aromatic nitrogens is 1. The van der Waals surface area contributed by atoms with Crippen LogP contribution in [0.2, 0.25) is 0 Å². The second-order valence-corrected chi connectivity index (χ2v) is 8.31. The zero-order valence-electron chi connectivity index (χ0n) is 12.0. The Bertz CT molecular complexity index is 857. The molecule has 0 radical (unpaired) electrons. The number of thiazole rings is 1. The van der Waals surface area contributed by atoms with E-state index >= 15 is 0 Å². The molecule has 1 unspecified atom stereocenters. The monoisotopic (exact) mass is 338 g/mol. The van der Waals surface area contributed by atoms with Crippen molar-refractivity contribution in [2.45, 2.75) is 30.5 Å². The first-order valence-electron chi connectivity index (χ1n) is 6.61. The number of hydrogen-bond donors (Lipinski definition) is 1. The zero-order valence-corrected chi connectivity index (χ0v) is 13.6. The van der Waals surface area contributed by atoms with E-state index in [-0.39, 0.29) is 10.6 Å². The largest absolute Gasteiger partial charge is 0.480 e. The molecule has 1 aliphatic rings. The third-order valence-electron chi connectivity index (χ3n) is 3.56. The van der Waals surface area contributed by atoms with Crippen LogP contribution in [0, 0.1) is 13.8 Å². The summed E-state index contributed by atoms with van der Waals surface area (Å²) in [4.78, 5) is 15.7. The van der Waals surface area contributed by atoms with E-state index in [1.165, 1.54) is 0 Å². The van der Waals surface area contributed by atoms with Crippen molar-refractivity contribution < 1.29 is 18.3 Å². The second-order valence-electron chi connectivity index (χ2n) is 5.09. The average Bonchev–Trinajstić information content (AvgIpc) is 2.99. The van der Waals surface area contributed by atoms with Gasteiger partial charge in [-0.3, -0.25) is 4.31 Å². The van der Waals surface area contributed by atoms with E-state index in [1.54, 1.807) is 38.1 Å². The van der Waals surface area contributed by atoms with Crippen LogP contribution in [0.3, 0.4) is 0 Å². The Morgan fingerprint density at radius 1 is 1.36 bits per heavy atom. The fourth-order valence-corrected chi connectivity index (χ4v) is 5.89. The molecule has 116 valence electrons. The highest BCUT2D eigenvalue weighted by Crippen LogP contribution is 2.38. The summed E-state index contributed by atoms with van der Waals surface area (Å²) >= 11 is 1.06. The molecule has 0 saturated carbocycles. The summed E-state index contributed by atoms with van der Waals surface area (Å²) < 4.78 is 27.1. The van der Waals surface area contributed by atoms with Crippen molar-refractivity contribution >= 4 is 33.0 Å². The summed E-state index contributed by atoms with van der Waals surface area (Å²) in [5.74, 6) is -1.15. The Kier molecular flexibility index (Phi) is 3.45. The van der Waals surface area contributed by atoms with Gasteiger partial charge in [-0.1, -0.05) is 18.2 Å². The minimum absolute atomic E-state index is 0.105. The standard InChI is InChI=1S/C14H14N2O4S2/c1-8-14(21-9(2)15-8)22(19,20)16-11-6-4-3-5-10(11)7-12(16)13(17)18/h3-6,12H,7H2,1-2H3,(H,17,18). The van der Waals surface area contributed by atoms with E-state index in [9.17, 15) is 18.3 Å². The molecular formula is C14H14N2O4S2. The molecule has 3 rings (SSSR count). The smallest absolute Gasteiger partial charge is 0.327 e. The van der Waals surface area contributed by atoms with Crippen molar-refractivity contribution in [3.63, 3.8) is 0 Å². The minimum atomic E-state index is -3.95. The number of anilines is 1. The minimum Gasteiger partial charge on any atom is -0.480 e. The highest BCUT2D eigenvalue weighted by molar-refractivity contribution is 7.94. The Morgan fingerprint density at radius 3 is 2.64 bits per heavy atom. The number of para-hydroxylation sites is 1. The molecular weight excluding hydrogens is 324 g/mol. The molecule has 0 bridgehead atoms. The summed E-state index contributed by atoms with van der Waals surface area (Å²) in [6.07, 6.45) is 0.168. The zero-order chi connectivity index (χ0) is 16.1. The second kappa shape index (κ2) is 5.06. The van der Waals surface area contributed by atoms with Crippen molar-refractivity contribution in [1.82, 2.24) is 4.98 Å². The van der Waals surface area contributed by atoms with Crippen LogP contribution in [0.5, 0.6) is 0 Å². The summed E-state index contributed by atoms with van der Waals surface area (Å²) in [6, 6.07) is 5.75. The SMILES string of the molecule is Cc1nc(C)c(S(=O)(=O)N2c3ccccc3CC2C(=O)O)s1. The van der Waals surface area contributed by atoms with Gasteiger partial charge >= 0.3 is 5.97 Å². The van der Waals surface area contributed by atoms with E-state index in [0.29, 0.717) is 16.4 Å². The predicted octanol–water partition coefficient (Wildman–Crippen LogP) is 1.96. The molecule has 0 aliphatic carbocycles. The number of hydrogen-bond acceptors (Lipinski definition) is 5. The van der Waals surface area contributed by atoms with Gasteiger partial charge in [0.2, 0.25) is 0 Å². The number of fused-ring (bicyclic) bond motifs is 1. The van der Waals surface area contributed by atoms with E-state index < -0.39 is 22.0 Å². The maximum absolute atomic E-state index is 13.0. The molecule has 6 nitrogen and oxygen atoms in total. The van der Waals surface area contributed by atoms with Gasteiger partial charge in [-0.2, -0.15) is 0 Å². The fourth-order valence-electron chi connectivity index (χ4n) is 2.68. The molecule has 1 aromatic heterocycles. The maximum atomic E-state index is 13.0. The fraction of sp³-hybridized carbons (Fsp3) is 0.286. The summed E-state index contributed by atoms with van der Waals surface area (Å²) in [6.45, 7) is 3.34. The molecule has 0 saturated heterocycles. The number of aryl methyl sites for hydroxylation is 2. The van der Waals surface area contributed by atoms with Crippen LogP contribution < -0.4 is 4.31 Å². The van der Waals surface area contributed by atoms with Crippen LogP contribution in [0.1, 0.15) is 16.3 Å². The first-order valence-corrected chi connectivity index (χ1v) is 8.87. The number of carbonyl (C=O) groups is 1. The number of aliphatic carboxylic acids is 1. The number of rotatable bonds is 3. The van der Waals surface area contributed by atoms with Gasteiger partial charge in [0.1, 0.15) is 6.04 Å². The van der Waals surface area contributed by atoms with Gasteiger partial charge < -0.3 is 5.11 Å². The lowest BCUT2D eigenvalue weighted by molar-refractivity contribution is -0.138. The molecule has 0 fully saturated rings. The first kappa shape index (κ1) is 15.0. The lowest BCUT2D eigenvalue weighted by Gasteiger charge is -2.23. The first-order chi connectivity index (χ1) is 10.3. The van der Waals surface area contributed by atoms with Gasteiger partial charge in [-0.15, -0.1) is 11.3 Å². The molecule has 1 aliphatic heterocycles. The Morgan fingerprint density at radius 2 is 2.05 bits per heavy atom. The van der Waals surface area contributed by atoms with Crippen molar-refractivity contribution in [1.29, 1.82) is 0 Å². The lowest BCUT2D eigenvalue weighted by Crippen LogP contribution is -2.42. The van der Waals surface area contributed by atoms with E-state index in [0.717, 1.165) is 21.2 Å². The van der Waals surface area contributed by atoms with E-state index in [4.69, 9.17) is 0 Å². The molecule has 1 atom stereocenters. The maximum Gasteiger partial charge on any atom is 0.327 e. The topological polar surface area (TPSA) is 87.6 Å². The van der Waals surface area contributed by atoms with Crippen LogP contribution >= 0.6 is 11.3 Å². The van der Waals surface area contributed by atoms with Crippen molar-refractivity contribution in [3.05, 3.63) is 40.5 Å². The van der Waals surface area contributed by atoms with Crippen molar-refractivity contribution in [2.75, 3.05) is 4.31 Å². The highest BCUT2D eigenvalue weighted by atomic mass is 32.2. The van der Waals surface area contributed by atoms with Gasteiger partial charge in [-0.05, 0) is 25.5 Å². The lowest BCUT2D eigenvalue weighted by atomic mass is 10.1. The van der Waals surface area contributed by atoms with Gasteiger partial charge in [0.05, 0.1) is 16.4 Å². The average molecular weight is 338 g/mol. The number of benzene rings is 1. The molecule has 1 N–H and O–H groups in total. The van der Waals surface area contributed by atoms with Gasteiger partial charge in [0, 0.05) is 6.42 Å². The number of nitrogens with zero attached hydrogens (tertiary/aromatic N) is 2. The molecule has 22 heavy (non-hydrogen) atoms. The van der Waals surface area contributed by atoms with Crippen LogP contribution in [0.4, 0.5) is 5.69 Å². The Hall–Kier alpha value is -1.93. The van der Waals surface area contributed by atoms with Crippen molar-refractivity contribution in [2.24, 2.45) is 0 Å².